The van der Waals surface area contributed by atoms with Gasteiger partial charge in [0.15, 0.2) is 0 Å². The van der Waals surface area contributed by atoms with Crippen LogP contribution in [0.5, 0.6) is 0 Å². The van der Waals surface area contributed by atoms with E-state index in [1.807, 2.05) is 108 Å². The molecule has 0 spiro atoms. The third-order valence-corrected chi connectivity index (χ3v) is 17.0. The number of fused-ring (bicyclic) bond motifs is 3. The van der Waals surface area contributed by atoms with Crippen LogP contribution in [-0.4, -0.2) is 86.3 Å². The van der Waals surface area contributed by atoms with Gasteiger partial charge in [0.25, 0.3) is 0 Å². The highest BCUT2D eigenvalue weighted by Gasteiger charge is 2.48. The molecule has 0 radical (unpaired) electrons. The molecule has 1 fully saturated rings. The Morgan fingerprint density at radius 2 is 1.28 bits per heavy atom. The minimum atomic E-state index is -1.06. The Morgan fingerprint density at radius 3 is 1.87 bits per heavy atom. The molecule has 4 aromatic carbocycles. The van der Waals surface area contributed by atoms with Gasteiger partial charge in [-0.15, -0.1) is 0 Å². The number of hydrogen-bond donors (Lipinski definition) is 3. The zero-order chi connectivity index (χ0) is 54.5. The lowest BCUT2D eigenvalue weighted by molar-refractivity contribution is -0.154. The van der Waals surface area contributed by atoms with E-state index < -0.39 is 57.8 Å². The molecular formula is C62H79N5O8S. The van der Waals surface area contributed by atoms with Gasteiger partial charge in [0.2, 0.25) is 23.6 Å². The first-order valence-electron chi connectivity index (χ1n) is 27.4. The van der Waals surface area contributed by atoms with Crippen LogP contribution in [0.2, 0.25) is 0 Å². The molecule has 3 unspecified atom stereocenters. The van der Waals surface area contributed by atoms with Crippen molar-refractivity contribution in [2.75, 3.05) is 12.3 Å². The summed E-state index contributed by atoms with van der Waals surface area (Å²) in [4.78, 5) is 90.8. The lowest BCUT2D eigenvalue weighted by Crippen LogP contribution is -2.62. The summed E-state index contributed by atoms with van der Waals surface area (Å²) < 4.78 is 10.6. The van der Waals surface area contributed by atoms with Crippen molar-refractivity contribution in [2.45, 2.75) is 180 Å². The molecule has 0 bridgehead atoms. The summed E-state index contributed by atoms with van der Waals surface area (Å²) in [6.07, 6.45) is 4.96. The molecule has 76 heavy (non-hydrogen) atoms. The summed E-state index contributed by atoms with van der Waals surface area (Å²) in [5.74, 6) is -2.07. The molecule has 0 saturated carbocycles. The van der Waals surface area contributed by atoms with Crippen LogP contribution in [0.3, 0.4) is 0 Å². The molecule has 4 aliphatic rings. The number of thioether (sulfide) groups is 1. The first kappa shape index (κ1) is 56.1. The highest BCUT2D eigenvalue weighted by Crippen LogP contribution is 2.41. The minimum absolute atomic E-state index is 0.0816. The zero-order valence-electron chi connectivity index (χ0n) is 46.0. The molecule has 14 heteroatoms. The van der Waals surface area contributed by atoms with Crippen molar-refractivity contribution in [1.29, 1.82) is 0 Å². The van der Waals surface area contributed by atoms with Crippen LogP contribution in [0.4, 0.5) is 4.79 Å². The van der Waals surface area contributed by atoms with Gasteiger partial charge in [-0.1, -0.05) is 125 Å². The number of likely N-dealkylation sites (tertiary alicyclic amines) is 1. The predicted molar refractivity (Wildman–Crippen MR) is 297 cm³/mol. The Bertz CT molecular complexity index is 2770. The number of ether oxygens (including phenoxy) is 2. The van der Waals surface area contributed by atoms with Gasteiger partial charge in [-0.3, -0.25) is 24.0 Å². The van der Waals surface area contributed by atoms with Gasteiger partial charge in [0.1, 0.15) is 30.3 Å². The smallest absolute Gasteiger partial charge is 0.408 e. The first-order valence-corrected chi connectivity index (χ1v) is 28.4. The molecular weight excluding hydrogens is 975 g/mol. The van der Waals surface area contributed by atoms with E-state index in [0.717, 1.165) is 71.9 Å². The number of amides is 5. The molecule has 0 aromatic heterocycles. The van der Waals surface area contributed by atoms with Gasteiger partial charge in [0.05, 0.1) is 24.4 Å². The topological polar surface area (TPSA) is 163 Å². The van der Waals surface area contributed by atoms with E-state index in [1.165, 1.54) is 11.1 Å². The molecule has 5 amide bonds. The maximum atomic E-state index is 15.4. The molecule has 2 aliphatic heterocycles. The van der Waals surface area contributed by atoms with Crippen LogP contribution >= 0.6 is 11.8 Å². The van der Waals surface area contributed by atoms with Crippen LogP contribution < -0.4 is 16.0 Å². The molecule has 13 nitrogen and oxygen atoms in total. The van der Waals surface area contributed by atoms with E-state index in [9.17, 15) is 19.2 Å². The van der Waals surface area contributed by atoms with Crippen LogP contribution in [0.1, 0.15) is 163 Å². The highest BCUT2D eigenvalue weighted by atomic mass is 32.2. The normalized spacial score (nSPS) is 21.2. The van der Waals surface area contributed by atoms with E-state index in [-0.39, 0.29) is 68.3 Å². The van der Waals surface area contributed by atoms with Crippen LogP contribution in [0.15, 0.2) is 97.1 Å². The number of rotatable bonds is 15. The van der Waals surface area contributed by atoms with Crippen molar-refractivity contribution < 1.29 is 38.2 Å². The summed E-state index contributed by atoms with van der Waals surface area (Å²) in [6.45, 7) is 17.4. The number of carbonyl (C=O) groups excluding carboxylic acids is 6. The van der Waals surface area contributed by atoms with Crippen LogP contribution in [-0.2, 0) is 65.9 Å². The average Bonchev–Trinajstić information content (AvgIpc) is 3.84. The van der Waals surface area contributed by atoms with Crippen molar-refractivity contribution in [2.24, 2.45) is 11.3 Å². The Labute approximate surface area is 454 Å². The zero-order valence-corrected chi connectivity index (χ0v) is 46.9. The summed E-state index contributed by atoms with van der Waals surface area (Å²) in [7, 11) is 0. The fourth-order valence-electron chi connectivity index (χ4n) is 11.7. The quantitative estimate of drug-likeness (QED) is 0.0984. The van der Waals surface area contributed by atoms with Gasteiger partial charge in [-0.25, -0.2) is 4.79 Å². The van der Waals surface area contributed by atoms with Crippen LogP contribution in [0, 0.1) is 11.3 Å². The van der Waals surface area contributed by atoms with E-state index in [1.54, 1.807) is 42.3 Å². The van der Waals surface area contributed by atoms with Crippen molar-refractivity contribution in [3.8, 4) is 0 Å². The third-order valence-electron chi connectivity index (χ3n) is 15.8. The van der Waals surface area contributed by atoms with E-state index >= 15 is 9.59 Å². The second kappa shape index (κ2) is 23.6. The second-order valence-corrected chi connectivity index (χ2v) is 25.8. The predicted octanol–water partition coefficient (Wildman–Crippen LogP) is 10.2. The first-order chi connectivity index (χ1) is 36.1. The summed E-state index contributed by atoms with van der Waals surface area (Å²) in [5.41, 5.74) is 6.60. The molecule has 1 saturated heterocycles. The van der Waals surface area contributed by atoms with Crippen molar-refractivity contribution in [3.05, 3.63) is 142 Å². The molecule has 2 aliphatic carbocycles. The number of nitrogens with zero attached hydrogens (tertiary/aromatic N) is 2. The van der Waals surface area contributed by atoms with Gasteiger partial charge < -0.3 is 35.2 Å². The largest absolute Gasteiger partial charge is 0.461 e. The summed E-state index contributed by atoms with van der Waals surface area (Å²) >= 11 is 1.54. The van der Waals surface area contributed by atoms with E-state index in [0.29, 0.717) is 12.2 Å². The number of hydrogen-bond acceptors (Lipinski definition) is 9. The monoisotopic (exact) mass is 1050 g/mol. The van der Waals surface area contributed by atoms with Gasteiger partial charge in [0, 0.05) is 30.2 Å². The second-order valence-electron chi connectivity index (χ2n) is 23.8. The minimum Gasteiger partial charge on any atom is -0.461 e. The Hall–Kier alpha value is -6.15. The van der Waals surface area contributed by atoms with Crippen molar-refractivity contribution in [1.82, 2.24) is 25.8 Å². The molecule has 2 heterocycles. The summed E-state index contributed by atoms with van der Waals surface area (Å²) in [5, 5.41) is 9.64. The number of benzene rings is 4. The molecule has 406 valence electrons. The number of nitrogens with one attached hydrogen (secondary N) is 3. The van der Waals surface area contributed by atoms with Gasteiger partial charge in [-0.2, -0.15) is 11.8 Å². The number of alkyl carbamates (subject to hydrolysis) is 1. The van der Waals surface area contributed by atoms with E-state index in [2.05, 4.69) is 46.3 Å². The SMILES string of the molecule is CCSC(C)(C)[C@H](NC(=O)OC(C)(C)C)C(=O)N1Cc2cc(C3C[C@@H](C(=O)NC4CCCc5ccccc54)N(C(=O)[C@@H](CC(=O)OCc4ccccc4)C(C)(C)C)C3)ccc2C[C@H]1C(=O)NC1CCCc2ccccc21. The Kier molecular flexibility index (Phi) is 17.4. The van der Waals surface area contributed by atoms with E-state index in [4.69, 9.17) is 9.47 Å². The molecule has 3 N–H and O–H groups in total. The lowest BCUT2D eigenvalue weighted by Gasteiger charge is -2.42. The number of aryl methyl sites for hydroxylation is 2. The fraction of sp³-hybridized carbons (Fsp3) is 0.516. The molecule has 4 aromatic rings. The fourth-order valence-corrected chi connectivity index (χ4v) is 12.8. The molecule has 8 rings (SSSR count). The lowest BCUT2D eigenvalue weighted by atomic mass is 9.77. The molecule has 7 atom stereocenters. The third kappa shape index (κ3) is 13.3. The number of esters is 1. The van der Waals surface area contributed by atoms with Crippen LogP contribution in [0.25, 0.3) is 0 Å². The summed E-state index contributed by atoms with van der Waals surface area (Å²) in [6, 6.07) is 28.7. The van der Waals surface area contributed by atoms with Gasteiger partial charge >= 0.3 is 12.1 Å². The standard InChI is InChI=1S/C62H79N5O8S/c1-10-76-62(8,9)54(65-59(73)75-61(5,6)7)58(72)67-36-44-32-42(30-31-43(44)33-51(67)55(69)63-49-28-18-24-40-22-14-16-26-46(40)49)45-34-52(56(70)64-50-29-19-25-41-23-15-17-27-47(41)50)66(37-45)57(71)48(60(2,3)4)35-53(68)74-38-39-20-12-11-13-21-39/h11-17,20-23,26-27,30-32,45,48-52,54H,10,18-19,24-25,28-29,33-38H2,1-9H3,(H,63,69)(H,64,70)(H,65,73)/t45?,48-,49?,50?,51+,52+,54-/m1/s1. The van der Waals surface area contributed by atoms with Crippen molar-refractivity contribution >= 4 is 47.5 Å². The Balaban J connectivity index is 1.11. The van der Waals surface area contributed by atoms with Crippen molar-refractivity contribution in [3.63, 3.8) is 0 Å². The maximum absolute atomic E-state index is 15.4. The highest BCUT2D eigenvalue weighted by molar-refractivity contribution is 8.00. The Morgan fingerprint density at radius 1 is 0.684 bits per heavy atom. The maximum Gasteiger partial charge on any atom is 0.408 e. The van der Waals surface area contributed by atoms with Gasteiger partial charge in [-0.05, 0) is 135 Å². The number of carbonyl (C=O) groups is 6. The average molecular weight is 1050 g/mol.